The van der Waals surface area contributed by atoms with Crippen LogP contribution in [0.4, 0.5) is 0 Å². The second-order valence-corrected chi connectivity index (χ2v) is 6.55. The van der Waals surface area contributed by atoms with Crippen molar-refractivity contribution in [1.82, 2.24) is 9.80 Å². The molecule has 1 aromatic carbocycles. The Morgan fingerprint density at radius 1 is 1.12 bits per heavy atom. The summed E-state index contributed by atoms with van der Waals surface area (Å²) in [4.78, 5) is 40.3. The van der Waals surface area contributed by atoms with Crippen LogP contribution in [0.15, 0.2) is 34.7 Å². The summed E-state index contributed by atoms with van der Waals surface area (Å²) < 4.78 is 5.50. The van der Waals surface area contributed by atoms with Crippen LogP contribution >= 0.6 is 0 Å². The van der Waals surface area contributed by atoms with Crippen LogP contribution in [-0.2, 0) is 6.54 Å². The molecular weight excluding hydrogens is 332 g/mol. The highest BCUT2D eigenvalue weighted by Crippen LogP contribution is 2.25. The summed E-state index contributed by atoms with van der Waals surface area (Å²) in [6.07, 6.45) is 1.66. The van der Waals surface area contributed by atoms with Crippen molar-refractivity contribution >= 4 is 17.7 Å². The second kappa shape index (κ2) is 7.15. The lowest BCUT2D eigenvalue weighted by atomic mass is 10.0. The number of hydrogen-bond acceptors (Lipinski definition) is 4. The molecule has 6 nitrogen and oxygen atoms in total. The highest BCUT2D eigenvalue weighted by atomic mass is 16.3. The Morgan fingerprint density at radius 2 is 1.85 bits per heavy atom. The first-order valence-corrected chi connectivity index (χ1v) is 8.73. The molecule has 0 saturated heterocycles. The fraction of sp³-hybridized carbons (Fsp3) is 0.350. The number of amides is 3. The Morgan fingerprint density at radius 3 is 2.50 bits per heavy atom. The lowest BCUT2D eigenvalue weighted by molar-refractivity contribution is 0.0652. The highest BCUT2D eigenvalue weighted by Gasteiger charge is 2.35. The lowest BCUT2D eigenvalue weighted by Crippen LogP contribution is -2.30. The molecule has 1 aliphatic heterocycles. The number of aryl methyl sites for hydroxylation is 1. The molecule has 3 amide bonds. The molecule has 1 aromatic heterocycles. The smallest absolute Gasteiger partial charge is 0.261 e. The van der Waals surface area contributed by atoms with Crippen LogP contribution in [0, 0.1) is 6.92 Å². The summed E-state index contributed by atoms with van der Waals surface area (Å²) in [5, 5.41) is 0. The topological polar surface area (TPSA) is 70.8 Å². The van der Waals surface area contributed by atoms with Crippen molar-refractivity contribution in [3.8, 4) is 0 Å². The van der Waals surface area contributed by atoms with Gasteiger partial charge in [0, 0.05) is 19.2 Å². The maximum absolute atomic E-state index is 12.7. The quantitative estimate of drug-likeness (QED) is 0.747. The fourth-order valence-corrected chi connectivity index (χ4v) is 3.04. The molecule has 0 spiro atoms. The van der Waals surface area contributed by atoms with Crippen molar-refractivity contribution in [2.75, 3.05) is 13.6 Å². The summed E-state index contributed by atoms with van der Waals surface area (Å²) in [5.74, 6) is 0.648. The standard InChI is InChI=1S/C20H22N2O4/c1-4-5-10-22-19(24)16-9-7-14(11-17(16)20(22)25)18(23)21(3)12-15-8-6-13(2)26-15/h6-9,11H,4-5,10,12H2,1-3H3. The Hall–Kier alpha value is -2.89. The molecule has 136 valence electrons. The molecule has 2 aromatic rings. The van der Waals surface area contributed by atoms with Crippen LogP contribution in [0.1, 0.15) is 62.4 Å². The van der Waals surface area contributed by atoms with Gasteiger partial charge in [-0.05, 0) is 43.7 Å². The highest BCUT2D eigenvalue weighted by molar-refractivity contribution is 6.22. The molecule has 2 heterocycles. The molecule has 0 unspecified atom stereocenters. The van der Waals surface area contributed by atoms with Gasteiger partial charge in [-0.25, -0.2) is 0 Å². The summed E-state index contributed by atoms with van der Waals surface area (Å²) in [6, 6.07) is 8.36. The summed E-state index contributed by atoms with van der Waals surface area (Å²) >= 11 is 0. The molecule has 1 aliphatic rings. The van der Waals surface area contributed by atoms with Gasteiger partial charge in [-0.2, -0.15) is 0 Å². The molecule has 0 saturated carbocycles. The van der Waals surface area contributed by atoms with Gasteiger partial charge in [0.15, 0.2) is 0 Å². The van der Waals surface area contributed by atoms with Crippen LogP contribution in [-0.4, -0.2) is 41.1 Å². The molecule has 26 heavy (non-hydrogen) atoms. The van der Waals surface area contributed by atoms with Crippen molar-refractivity contribution in [1.29, 1.82) is 0 Å². The normalized spacial score (nSPS) is 13.3. The minimum Gasteiger partial charge on any atom is -0.464 e. The average molecular weight is 354 g/mol. The monoisotopic (exact) mass is 354 g/mol. The molecule has 0 fully saturated rings. The third kappa shape index (κ3) is 3.27. The fourth-order valence-electron chi connectivity index (χ4n) is 3.04. The van der Waals surface area contributed by atoms with E-state index in [4.69, 9.17) is 4.42 Å². The van der Waals surface area contributed by atoms with Crippen LogP contribution in [0.5, 0.6) is 0 Å². The molecule has 3 rings (SSSR count). The number of benzene rings is 1. The summed E-state index contributed by atoms with van der Waals surface area (Å²) in [6.45, 7) is 4.59. The van der Waals surface area contributed by atoms with Gasteiger partial charge in [-0.15, -0.1) is 0 Å². The van der Waals surface area contributed by atoms with Gasteiger partial charge in [0.1, 0.15) is 11.5 Å². The largest absolute Gasteiger partial charge is 0.464 e. The number of unbranched alkanes of at least 4 members (excludes halogenated alkanes) is 1. The van der Waals surface area contributed by atoms with Gasteiger partial charge in [-0.1, -0.05) is 13.3 Å². The predicted octanol–water partition coefficient (Wildman–Crippen LogP) is 3.26. The van der Waals surface area contributed by atoms with Gasteiger partial charge in [0.05, 0.1) is 17.7 Å². The number of carbonyl (C=O) groups excluding carboxylic acids is 3. The first kappa shape index (κ1) is 17.9. The zero-order valence-electron chi connectivity index (χ0n) is 15.2. The number of rotatable bonds is 6. The van der Waals surface area contributed by atoms with E-state index < -0.39 is 0 Å². The number of carbonyl (C=O) groups is 3. The third-order valence-corrected chi connectivity index (χ3v) is 4.49. The minimum absolute atomic E-state index is 0.228. The summed E-state index contributed by atoms with van der Waals surface area (Å²) in [7, 11) is 1.67. The van der Waals surface area contributed by atoms with Crippen LogP contribution < -0.4 is 0 Å². The molecule has 0 aliphatic carbocycles. The Bertz CT molecular complexity index is 868. The molecule has 6 heteroatoms. The second-order valence-electron chi connectivity index (χ2n) is 6.55. The molecule has 0 atom stereocenters. The number of imide groups is 1. The Labute approximate surface area is 152 Å². The van der Waals surface area contributed by atoms with E-state index in [0.717, 1.165) is 18.6 Å². The number of nitrogens with zero attached hydrogens (tertiary/aromatic N) is 2. The van der Waals surface area contributed by atoms with Gasteiger partial charge < -0.3 is 9.32 Å². The molecule has 0 bridgehead atoms. The number of fused-ring (bicyclic) bond motifs is 1. The zero-order chi connectivity index (χ0) is 18.8. The van der Waals surface area contributed by atoms with E-state index in [1.807, 2.05) is 26.0 Å². The average Bonchev–Trinajstić information content (AvgIpc) is 3.14. The van der Waals surface area contributed by atoms with E-state index in [-0.39, 0.29) is 17.7 Å². The van der Waals surface area contributed by atoms with E-state index in [1.54, 1.807) is 19.2 Å². The molecular formula is C20H22N2O4. The van der Waals surface area contributed by atoms with Crippen LogP contribution in [0.2, 0.25) is 0 Å². The minimum atomic E-state index is -0.322. The zero-order valence-corrected chi connectivity index (χ0v) is 15.2. The molecule has 0 N–H and O–H groups in total. The van der Waals surface area contributed by atoms with Gasteiger partial charge in [0.2, 0.25) is 0 Å². The lowest BCUT2D eigenvalue weighted by Gasteiger charge is -2.16. The molecule has 0 radical (unpaired) electrons. The number of hydrogen-bond donors (Lipinski definition) is 0. The number of furan rings is 1. The van der Waals surface area contributed by atoms with Crippen molar-refractivity contribution in [2.45, 2.75) is 33.2 Å². The van der Waals surface area contributed by atoms with E-state index in [1.165, 1.54) is 15.9 Å². The van der Waals surface area contributed by atoms with Crippen molar-refractivity contribution in [3.05, 3.63) is 58.5 Å². The van der Waals surface area contributed by atoms with Crippen molar-refractivity contribution < 1.29 is 18.8 Å². The first-order chi connectivity index (χ1) is 12.4. The van der Waals surface area contributed by atoms with Crippen molar-refractivity contribution in [3.63, 3.8) is 0 Å². The Balaban J connectivity index is 1.79. The summed E-state index contributed by atoms with van der Waals surface area (Å²) in [5.41, 5.74) is 1.05. The van der Waals surface area contributed by atoms with Gasteiger partial charge >= 0.3 is 0 Å². The maximum atomic E-state index is 12.7. The van der Waals surface area contributed by atoms with Crippen molar-refractivity contribution in [2.24, 2.45) is 0 Å². The van der Waals surface area contributed by atoms with E-state index >= 15 is 0 Å². The third-order valence-electron chi connectivity index (χ3n) is 4.49. The maximum Gasteiger partial charge on any atom is 0.261 e. The van der Waals surface area contributed by atoms with Gasteiger partial charge in [-0.3, -0.25) is 19.3 Å². The SMILES string of the molecule is CCCCN1C(=O)c2ccc(C(=O)N(C)Cc3ccc(C)o3)cc2C1=O. The van der Waals surface area contributed by atoms with E-state index in [0.29, 0.717) is 35.5 Å². The van der Waals surface area contributed by atoms with E-state index in [9.17, 15) is 14.4 Å². The van der Waals surface area contributed by atoms with E-state index in [2.05, 4.69) is 0 Å². The van der Waals surface area contributed by atoms with Crippen LogP contribution in [0.3, 0.4) is 0 Å². The van der Waals surface area contributed by atoms with Gasteiger partial charge in [0.25, 0.3) is 17.7 Å². The van der Waals surface area contributed by atoms with Crippen LogP contribution in [0.25, 0.3) is 0 Å². The predicted molar refractivity (Wildman–Crippen MR) is 96.0 cm³/mol. The first-order valence-electron chi connectivity index (χ1n) is 8.73. The Kier molecular flexibility index (Phi) is 4.93.